The van der Waals surface area contributed by atoms with Gasteiger partial charge < -0.3 is 4.90 Å². The van der Waals surface area contributed by atoms with Crippen molar-refractivity contribution >= 4 is 43.4 Å². The second-order valence-electron chi connectivity index (χ2n) is 3.84. The van der Waals surface area contributed by atoms with Gasteiger partial charge in [0.05, 0.1) is 8.66 Å². The number of piperazine rings is 1. The van der Waals surface area contributed by atoms with E-state index >= 15 is 0 Å². The summed E-state index contributed by atoms with van der Waals surface area (Å²) in [5, 5.41) is 5.04. The molecular formula is C9H12BrN3O3S2. The lowest BCUT2D eigenvalue weighted by molar-refractivity contribution is 0.0703. The monoisotopic (exact) mass is 353 g/mol. The number of nitrogens with zero attached hydrogens (tertiary/aromatic N) is 2. The highest BCUT2D eigenvalue weighted by atomic mass is 79.9. The van der Waals surface area contributed by atoms with Gasteiger partial charge in [-0.25, -0.2) is 5.14 Å². The number of thiophene rings is 1. The van der Waals surface area contributed by atoms with Crippen LogP contribution in [0.4, 0.5) is 0 Å². The highest BCUT2D eigenvalue weighted by molar-refractivity contribution is 9.11. The first kappa shape index (κ1) is 13.9. The molecule has 1 aliphatic heterocycles. The first-order valence-corrected chi connectivity index (χ1v) is 8.31. The molecule has 0 saturated carbocycles. The van der Waals surface area contributed by atoms with Crippen LogP contribution in [0.15, 0.2) is 15.9 Å². The molecule has 0 unspecified atom stereocenters. The van der Waals surface area contributed by atoms with E-state index in [2.05, 4.69) is 15.9 Å². The Kier molecular flexibility index (Phi) is 4.07. The Labute approximate surface area is 118 Å². The predicted octanol–water partition coefficient (Wildman–Crippen LogP) is 0.472. The Morgan fingerprint density at radius 3 is 2.33 bits per heavy atom. The molecule has 2 heterocycles. The van der Waals surface area contributed by atoms with Crippen molar-refractivity contribution in [1.82, 2.24) is 9.21 Å². The zero-order valence-corrected chi connectivity index (χ0v) is 12.6. The van der Waals surface area contributed by atoms with Crippen molar-refractivity contribution in [2.24, 2.45) is 5.14 Å². The summed E-state index contributed by atoms with van der Waals surface area (Å²) >= 11 is 4.67. The van der Waals surface area contributed by atoms with Gasteiger partial charge in [0.2, 0.25) is 0 Å². The molecule has 1 fully saturated rings. The van der Waals surface area contributed by atoms with Gasteiger partial charge in [0.1, 0.15) is 0 Å². The van der Waals surface area contributed by atoms with Crippen LogP contribution in [0.1, 0.15) is 9.67 Å². The van der Waals surface area contributed by atoms with Crippen LogP contribution < -0.4 is 5.14 Å². The third-order valence-electron chi connectivity index (χ3n) is 2.67. The minimum absolute atomic E-state index is 0.0697. The Balaban J connectivity index is 2.00. The van der Waals surface area contributed by atoms with Crippen LogP contribution in [0, 0.1) is 0 Å². The minimum Gasteiger partial charge on any atom is -0.335 e. The van der Waals surface area contributed by atoms with Crippen molar-refractivity contribution in [3.8, 4) is 0 Å². The summed E-state index contributed by atoms with van der Waals surface area (Å²) in [6, 6.07) is 3.57. The van der Waals surface area contributed by atoms with E-state index in [1.807, 2.05) is 6.07 Å². The van der Waals surface area contributed by atoms with Gasteiger partial charge in [0.25, 0.3) is 16.1 Å². The number of hydrogen-bond donors (Lipinski definition) is 1. The SMILES string of the molecule is NS(=O)(=O)N1CCN(C(=O)c2ccc(Br)s2)CC1. The van der Waals surface area contributed by atoms with Crippen molar-refractivity contribution in [3.63, 3.8) is 0 Å². The van der Waals surface area contributed by atoms with Crippen molar-refractivity contribution in [2.45, 2.75) is 0 Å². The van der Waals surface area contributed by atoms with Gasteiger partial charge in [-0.05, 0) is 28.1 Å². The molecule has 9 heteroatoms. The van der Waals surface area contributed by atoms with Gasteiger partial charge in [-0.1, -0.05) is 0 Å². The average molecular weight is 354 g/mol. The van der Waals surface area contributed by atoms with Gasteiger partial charge >= 0.3 is 0 Å². The second kappa shape index (κ2) is 5.25. The molecule has 0 bridgehead atoms. The van der Waals surface area contributed by atoms with Crippen LogP contribution in [-0.2, 0) is 10.2 Å². The van der Waals surface area contributed by atoms with E-state index in [0.717, 1.165) is 3.79 Å². The van der Waals surface area contributed by atoms with Crippen LogP contribution >= 0.6 is 27.3 Å². The molecule has 2 rings (SSSR count). The van der Waals surface area contributed by atoms with Crippen LogP contribution in [0.25, 0.3) is 0 Å². The van der Waals surface area contributed by atoms with E-state index in [1.165, 1.54) is 15.6 Å². The van der Waals surface area contributed by atoms with E-state index in [-0.39, 0.29) is 19.0 Å². The van der Waals surface area contributed by atoms with Crippen molar-refractivity contribution in [3.05, 3.63) is 20.8 Å². The molecule has 0 aliphatic carbocycles. The largest absolute Gasteiger partial charge is 0.335 e. The highest BCUT2D eigenvalue weighted by Gasteiger charge is 2.27. The normalized spacial score (nSPS) is 18.0. The maximum absolute atomic E-state index is 12.1. The maximum Gasteiger partial charge on any atom is 0.277 e. The summed E-state index contributed by atoms with van der Waals surface area (Å²) in [5.41, 5.74) is 0. The highest BCUT2D eigenvalue weighted by Crippen LogP contribution is 2.23. The van der Waals surface area contributed by atoms with Crippen molar-refractivity contribution in [2.75, 3.05) is 26.2 Å². The van der Waals surface area contributed by atoms with E-state index in [0.29, 0.717) is 18.0 Å². The van der Waals surface area contributed by atoms with Crippen molar-refractivity contribution < 1.29 is 13.2 Å². The van der Waals surface area contributed by atoms with E-state index in [4.69, 9.17) is 5.14 Å². The molecule has 1 aliphatic rings. The zero-order chi connectivity index (χ0) is 13.3. The summed E-state index contributed by atoms with van der Waals surface area (Å²) in [5.74, 6) is -0.0697. The lowest BCUT2D eigenvalue weighted by Crippen LogP contribution is -2.52. The third-order valence-corrected chi connectivity index (χ3v) is 5.37. The Morgan fingerprint density at radius 1 is 1.28 bits per heavy atom. The molecule has 1 saturated heterocycles. The van der Waals surface area contributed by atoms with Crippen molar-refractivity contribution in [1.29, 1.82) is 0 Å². The fraction of sp³-hybridized carbons (Fsp3) is 0.444. The number of nitrogens with two attached hydrogens (primary N) is 1. The standard InChI is InChI=1S/C9H12BrN3O3S2/c10-8-2-1-7(17-8)9(14)12-3-5-13(6-4-12)18(11,15)16/h1-2H,3-6H2,(H2,11,15,16). The third kappa shape index (κ3) is 3.09. The van der Waals surface area contributed by atoms with E-state index < -0.39 is 10.2 Å². The number of hydrogen-bond acceptors (Lipinski definition) is 4. The van der Waals surface area contributed by atoms with E-state index in [1.54, 1.807) is 11.0 Å². The first-order valence-electron chi connectivity index (χ1n) is 5.20. The summed E-state index contributed by atoms with van der Waals surface area (Å²) < 4.78 is 24.3. The molecule has 2 N–H and O–H groups in total. The molecule has 0 aromatic carbocycles. The smallest absolute Gasteiger partial charge is 0.277 e. The number of carbonyl (C=O) groups is 1. The molecule has 1 aromatic rings. The molecule has 0 spiro atoms. The average Bonchev–Trinajstić information content (AvgIpc) is 2.74. The van der Waals surface area contributed by atoms with Crippen LogP contribution in [0.5, 0.6) is 0 Å². The Bertz CT molecular complexity index is 549. The fourth-order valence-corrected chi connectivity index (χ4v) is 3.76. The van der Waals surface area contributed by atoms with Crippen LogP contribution in [0.2, 0.25) is 0 Å². The minimum atomic E-state index is -3.65. The fourth-order valence-electron chi connectivity index (χ4n) is 1.73. The van der Waals surface area contributed by atoms with Gasteiger partial charge in [-0.15, -0.1) is 11.3 Å². The molecule has 1 aromatic heterocycles. The quantitative estimate of drug-likeness (QED) is 0.838. The lowest BCUT2D eigenvalue weighted by atomic mass is 10.3. The Hall–Kier alpha value is -0.480. The van der Waals surface area contributed by atoms with Gasteiger partial charge in [-0.3, -0.25) is 4.79 Å². The number of amides is 1. The number of carbonyl (C=O) groups excluding carboxylic acids is 1. The summed E-state index contributed by atoms with van der Waals surface area (Å²) in [6.45, 7) is 1.23. The summed E-state index contributed by atoms with van der Waals surface area (Å²) in [7, 11) is -3.65. The van der Waals surface area contributed by atoms with E-state index in [9.17, 15) is 13.2 Å². The zero-order valence-electron chi connectivity index (χ0n) is 9.37. The molecule has 1 amide bonds. The van der Waals surface area contributed by atoms with Crippen LogP contribution in [0.3, 0.4) is 0 Å². The number of rotatable bonds is 2. The Morgan fingerprint density at radius 2 is 1.89 bits per heavy atom. The predicted molar refractivity (Wildman–Crippen MR) is 72.6 cm³/mol. The maximum atomic E-state index is 12.1. The lowest BCUT2D eigenvalue weighted by Gasteiger charge is -2.32. The molecular weight excluding hydrogens is 342 g/mol. The number of halogens is 1. The topological polar surface area (TPSA) is 83.7 Å². The second-order valence-corrected chi connectivity index (χ2v) is 7.85. The van der Waals surface area contributed by atoms with Gasteiger partial charge in [-0.2, -0.15) is 12.7 Å². The van der Waals surface area contributed by atoms with Crippen LogP contribution in [-0.4, -0.2) is 49.7 Å². The molecule has 0 atom stereocenters. The van der Waals surface area contributed by atoms with Gasteiger partial charge in [0.15, 0.2) is 0 Å². The summed E-state index contributed by atoms with van der Waals surface area (Å²) in [6.07, 6.45) is 0. The van der Waals surface area contributed by atoms with Gasteiger partial charge in [0, 0.05) is 26.2 Å². The molecule has 100 valence electrons. The molecule has 0 radical (unpaired) electrons. The summed E-state index contributed by atoms with van der Waals surface area (Å²) in [4.78, 5) is 14.4. The molecule has 18 heavy (non-hydrogen) atoms. The molecule has 6 nitrogen and oxygen atoms in total. The first-order chi connectivity index (χ1) is 8.38.